The number of anilines is 2. The first-order valence-corrected chi connectivity index (χ1v) is 21.6. The fourth-order valence-electron chi connectivity index (χ4n) is 6.57. The van der Waals surface area contributed by atoms with Gasteiger partial charge in [0.15, 0.2) is 0 Å². The van der Waals surface area contributed by atoms with Crippen LogP contribution < -0.4 is 14.9 Å². The van der Waals surface area contributed by atoms with E-state index in [1.165, 1.54) is 17.7 Å². The van der Waals surface area contributed by atoms with E-state index >= 15 is 0 Å². The molecular weight excluding hydrogens is 804 g/mol. The van der Waals surface area contributed by atoms with Crippen LogP contribution in [0, 0.1) is 10.1 Å². The molecule has 2 N–H and O–H groups in total. The van der Waals surface area contributed by atoms with Crippen LogP contribution in [0.2, 0.25) is 10.0 Å². The van der Waals surface area contributed by atoms with Crippen LogP contribution in [0.4, 0.5) is 17.1 Å². The number of carbonyl (C=O) groups is 1. The third kappa shape index (κ3) is 11.3. The van der Waals surface area contributed by atoms with E-state index in [-0.39, 0.29) is 22.2 Å². The maximum absolute atomic E-state index is 13.4. The summed E-state index contributed by atoms with van der Waals surface area (Å²) in [5, 5.41) is 16.5. The molecule has 1 fully saturated rings. The van der Waals surface area contributed by atoms with E-state index in [2.05, 4.69) is 32.0 Å². The van der Waals surface area contributed by atoms with Crippen molar-refractivity contribution in [2.24, 2.45) is 0 Å². The highest BCUT2D eigenvalue weighted by atomic mass is 35.5. The van der Waals surface area contributed by atoms with Gasteiger partial charge in [-0.3, -0.25) is 19.8 Å². The standard InChI is InChI=1S/C42H44Cl2N6O5S2/c1-47(2)21-20-33(29-56-35-9-4-3-5-10-35)45-40-19-17-36(27-41(40)50(52)53)57(54,55)46-42(51)30-12-15-34(16-13-30)49-24-22-48(23-25-49)28-32-8-6-7-11-37(32)31-14-18-38(43)39(44)26-31/h3-19,26-27,33,45H,20-25,28-29H2,1-2H3,(H,46,51)/t33-/m1/s1. The molecule has 5 aromatic carbocycles. The molecule has 0 spiro atoms. The van der Waals surface area contributed by atoms with Gasteiger partial charge in [0.1, 0.15) is 5.69 Å². The van der Waals surface area contributed by atoms with Gasteiger partial charge in [-0.1, -0.05) is 71.7 Å². The second-order valence-electron chi connectivity index (χ2n) is 14.0. The van der Waals surface area contributed by atoms with Crippen molar-refractivity contribution in [1.82, 2.24) is 14.5 Å². The number of hydrogen-bond donors (Lipinski definition) is 2. The number of halogens is 2. The summed E-state index contributed by atoms with van der Waals surface area (Å²) >= 11 is 14.1. The Hall–Kier alpha value is -4.63. The number of nitrogens with zero attached hydrogens (tertiary/aromatic N) is 4. The highest BCUT2D eigenvalue weighted by molar-refractivity contribution is 7.99. The lowest BCUT2D eigenvalue weighted by atomic mass is 9.99. The Labute approximate surface area is 348 Å². The number of nitro groups is 1. The summed E-state index contributed by atoms with van der Waals surface area (Å²) in [5.74, 6) is -0.198. The molecule has 15 heteroatoms. The molecular formula is C42H44Cl2N6O5S2. The number of nitro benzene ring substituents is 1. The Morgan fingerprint density at radius 1 is 0.877 bits per heavy atom. The van der Waals surface area contributed by atoms with E-state index in [0.29, 0.717) is 22.2 Å². The smallest absolute Gasteiger partial charge is 0.293 e. The summed E-state index contributed by atoms with van der Waals surface area (Å²) in [6.45, 7) is 4.68. The zero-order valence-electron chi connectivity index (χ0n) is 31.6. The Morgan fingerprint density at radius 2 is 1.58 bits per heavy atom. The molecule has 1 aliphatic rings. The predicted octanol–water partition coefficient (Wildman–Crippen LogP) is 8.53. The molecule has 0 aliphatic carbocycles. The maximum Gasteiger partial charge on any atom is 0.293 e. The molecule has 1 heterocycles. The molecule has 57 heavy (non-hydrogen) atoms. The maximum atomic E-state index is 13.4. The van der Waals surface area contributed by atoms with Gasteiger partial charge in [0.2, 0.25) is 0 Å². The second kappa shape index (κ2) is 19.2. The van der Waals surface area contributed by atoms with Crippen LogP contribution in [0.5, 0.6) is 0 Å². The van der Waals surface area contributed by atoms with Crippen molar-refractivity contribution in [3.63, 3.8) is 0 Å². The minimum Gasteiger partial charge on any atom is -0.376 e. The number of nitrogens with one attached hydrogen (secondary N) is 2. The van der Waals surface area contributed by atoms with Gasteiger partial charge in [0.25, 0.3) is 21.6 Å². The number of carbonyl (C=O) groups excluding carboxylic acids is 1. The van der Waals surface area contributed by atoms with Gasteiger partial charge in [-0.2, -0.15) is 0 Å². The average Bonchev–Trinajstić information content (AvgIpc) is 3.20. The Bertz CT molecular complexity index is 2290. The fraction of sp³-hybridized carbons (Fsp3) is 0.262. The van der Waals surface area contributed by atoms with Crippen molar-refractivity contribution < 1.29 is 18.1 Å². The molecule has 1 aliphatic heterocycles. The van der Waals surface area contributed by atoms with Crippen molar-refractivity contribution in [3.8, 4) is 11.1 Å². The number of amides is 1. The summed E-state index contributed by atoms with van der Waals surface area (Å²) in [4.78, 5) is 32.1. The molecule has 1 atom stereocenters. The largest absolute Gasteiger partial charge is 0.376 e. The van der Waals surface area contributed by atoms with Crippen LogP contribution in [0.3, 0.4) is 0 Å². The number of hydrogen-bond acceptors (Lipinski definition) is 10. The Balaban J connectivity index is 1.06. The van der Waals surface area contributed by atoms with Gasteiger partial charge < -0.3 is 15.1 Å². The fourth-order valence-corrected chi connectivity index (χ4v) is 8.85. The van der Waals surface area contributed by atoms with Crippen LogP contribution in [-0.2, 0) is 16.6 Å². The van der Waals surface area contributed by atoms with E-state index in [1.54, 1.807) is 36.0 Å². The van der Waals surface area contributed by atoms with Gasteiger partial charge in [-0.05, 0) is 104 Å². The first-order chi connectivity index (χ1) is 27.4. The van der Waals surface area contributed by atoms with Crippen LogP contribution in [-0.4, -0.2) is 87.7 Å². The number of piperazine rings is 1. The first kappa shape index (κ1) is 42.0. The van der Waals surface area contributed by atoms with Crippen molar-refractivity contribution in [2.45, 2.75) is 28.8 Å². The van der Waals surface area contributed by atoms with E-state index in [0.717, 1.165) is 67.0 Å². The molecule has 1 saturated heterocycles. The lowest BCUT2D eigenvalue weighted by Crippen LogP contribution is -2.46. The number of rotatable bonds is 16. The average molecular weight is 848 g/mol. The normalized spacial score (nSPS) is 14.0. The first-order valence-electron chi connectivity index (χ1n) is 18.4. The van der Waals surface area contributed by atoms with Gasteiger partial charge in [-0.25, -0.2) is 13.1 Å². The molecule has 298 valence electrons. The highest BCUT2D eigenvalue weighted by Crippen LogP contribution is 2.32. The van der Waals surface area contributed by atoms with Crippen molar-refractivity contribution in [3.05, 3.63) is 147 Å². The van der Waals surface area contributed by atoms with E-state index in [4.69, 9.17) is 23.2 Å². The lowest BCUT2D eigenvalue weighted by Gasteiger charge is -2.36. The monoisotopic (exact) mass is 846 g/mol. The molecule has 0 saturated carbocycles. The lowest BCUT2D eigenvalue weighted by molar-refractivity contribution is -0.384. The third-order valence-electron chi connectivity index (χ3n) is 9.69. The van der Waals surface area contributed by atoms with Crippen LogP contribution in [0.25, 0.3) is 11.1 Å². The molecule has 0 radical (unpaired) electrons. The molecule has 6 rings (SSSR count). The minimum atomic E-state index is -4.44. The number of sulfonamides is 1. The molecule has 1 amide bonds. The van der Waals surface area contributed by atoms with Gasteiger partial charge >= 0.3 is 0 Å². The number of thioether (sulfide) groups is 1. The van der Waals surface area contributed by atoms with Gasteiger partial charge in [0, 0.05) is 66.7 Å². The minimum absolute atomic E-state index is 0.144. The van der Waals surface area contributed by atoms with Crippen molar-refractivity contribution in [1.29, 1.82) is 0 Å². The zero-order chi connectivity index (χ0) is 40.5. The molecule has 5 aromatic rings. The Kier molecular flexibility index (Phi) is 14.2. The quantitative estimate of drug-likeness (QED) is 0.0567. The van der Waals surface area contributed by atoms with E-state index < -0.39 is 26.5 Å². The summed E-state index contributed by atoms with van der Waals surface area (Å²) in [6.07, 6.45) is 0.701. The number of benzene rings is 5. The van der Waals surface area contributed by atoms with Crippen LogP contribution in [0.1, 0.15) is 22.3 Å². The second-order valence-corrected chi connectivity index (χ2v) is 17.6. The Morgan fingerprint density at radius 3 is 2.26 bits per heavy atom. The van der Waals surface area contributed by atoms with Crippen molar-refractivity contribution in [2.75, 3.05) is 62.8 Å². The summed E-state index contributed by atoms with van der Waals surface area (Å²) in [6, 6.07) is 34.0. The predicted molar refractivity (Wildman–Crippen MR) is 231 cm³/mol. The SMILES string of the molecule is CN(C)CC[C@H](CSc1ccccc1)Nc1ccc(S(=O)(=O)NC(=O)c2ccc(N3CCN(Cc4ccccc4-c4ccc(Cl)c(Cl)c4)CC3)cc2)cc1[N+](=O)[O-]. The topological polar surface area (TPSA) is 128 Å². The summed E-state index contributed by atoms with van der Waals surface area (Å²) in [7, 11) is -0.522. The highest BCUT2D eigenvalue weighted by Gasteiger charge is 2.26. The van der Waals surface area contributed by atoms with Gasteiger partial charge in [-0.15, -0.1) is 11.8 Å². The zero-order valence-corrected chi connectivity index (χ0v) is 34.8. The molecule has 0 unspecified atom stereocenters. The third-order valence-corrected chi connectivity index (χ3v) is 12.9. The molecule has 0 bridgehead atoms. The van der Waals surface area contributed by atoms with Crippen LogP contribution >= 0.6 is 35.0 Å². The van der Waals surface area contributed by atoms with E-state index in [1.807, 2.05) is 79.7 Å². The van der Waals surface area contributed by atoms with Gasteiger partial charge in [0.05, 0.1) is 19.9 Å². The van der Waals surface area contributed by atoms with Crippen LogP contribution in [0.15, 0.2) is 125 Å². The van der Waals surface area contributed by atoms with E-state index in [9.17, 15) is 23.3 Å². The van der Waals surface area contributed by atoms with Crippen molar-refractivity contribution >= 4 is 68.0 Å². The molecule has 0 aromatic heterocycles. The molecule has 11 nitrogen and oxygen atoms in total. The summed E-state index contributed by atoms with van der Waals surface area (Å²) < 4.78 is 28.8. The summed E-state index contributed by atoms with van der Waals surface area (Å²) in [5.41, 5.74) is 4.17.